The van der Waals surface area contributed by atoms with Gasteiger partial charge in [-0.3, -0.25) is 9.59 Å². The van der Waals surface area contributed by atoms with Crippen LogP contribution in [0.3, 0.4) is 0 Å². The standard InChI is InChI=1S/C12H22N2O2/c1-9(2)6-7-14(10(3)15)8-12(16)13-11-4-5-11/h9,11H,4-8H2,1-3H3,(H,13,16). The fraction of sp³-hybridized carbons (Fsp3) is 0.833. The number of rotatable bonds is 6. The molecule has 1 saturated carbocycles. The third-order valence-corrected chi connectivity index (χ3v) is 2.70. The van der Waals surface area contributed by atoms with E-state index in [-0.39, 0.29) is 18.4 Å². The fourth-order valence-electron chi connectivity index (χ4n) is 1.44. The maximum atomic E-state index is 11.5. The van der Waals surface area contributed by atoms with E-state index in [1.807, 2.05) is 0 Å². The van der Waals surface area contributed by atoms with Gasteiger partial charge in [-0.15, -0.1) is 0 Å². The second-order valence-corrected chi connectivity index (χ2v) is 4.96. The minimum Gasteiger partial charge on any atom is -0.352 e. The molecule has 4 heteroatoms. The maximum Gasteiger partial charge on any atom is 0.239 e. The van der Waals surface area contributed by atoms with Crippen LogP contribution in [0.2, 0.25) is 0 Å². The summed E-state index contributed by atoms with van der Waals surface area (Å²) >= 11 is 0. The Labute approximate surface area is 97.4 Å². The van der Waals surface area contributed by atoms with Crippen molar-refractivity contribution in [1.82, 2.24) is 10.2 Å². The van der Waals surface area contributed by atoms with Gasteiger partial charge in [-0.1, -0.05) is 13.8 Å². The van der Waals surface area contributed by atoms with Gasteiger partial charge < -0.3 is 10.2 Å². The molecule has 1 N–H and O–H groups in total. The molecule has 1 rings (SSSR count). The lowest BCUT2D eigenvalue weighted by atomic mass is 10.1. The van der Waals surface area contributed by atoms with Crippen molar-refractivity contribution in [2.75, 3.05) is 13.1 Å². The Bertz CT molecular complexity index is 260. The smallest absolute Gasteiger partial charge is 0.239 e. The SMILES string of the molecule is CC(=O)N(CCC(C)C)CC(=O)NC1CC1. The van der Waals surface area contributed by atoms with Crippen LogP contribution in [0.1, 0.15) is 40.0 Å². The van der Waals surface area contributed by atoms with E-state index in [1.54, 1.807) is 4.90 Å². The first-order valence-corrected chi connectivity index (χ1v) is 6.04. The topological polar surface area (TPSA) is 49.4 Å². The first kappa shape index (κ1) is 13.0. The highest BCUT2D eigenvalue weighted by molar-refractivity contribution is 5.84. The van der Waals surface area contributed by atoms with E-state index < -0.39 is 0 Å². The zero-order valence-corrected chi connectivity index (χ0v) is 10.5. The Morgan fingerprint density at radius 2 is 2.00 bits per heavy atom. The molecule has 0 aromatic rings. The van der Waals surface area contributed by atoms with E-state index >= 15 is 0 Å². The van der Waals surface area contributed by atoms with Crippen LogP contribution in [0.15, 0.2) is 0 Å². The molecule has 4 nitrogen and oxygen atoms in total. The highest BCUT2D eigenvalue weighted by Gasteiger charge is 2.24. The van der Waals surface area contributed by atoms with Gasteiger partial charge >= 0.3 is 0 Å². The molecule has 92 valence electrons. The van der Waals surface area contributed by atoms with Crippen molar-refractivity contribution in [3.05, 3.63) is 0 Å². The minimum atomic E-state index is -0.0264. The van der Waals surface area contributed by atoms with Crippen molar-refractivity contribution in [3.8, 4) is 0 Å². The zero-order valence-electron chi connectivity index (χ0n) is 10.5. The number of hydrogen-bond donors (Lipinski definition) is 1. The molecule has 0 aliphatic heterocycles. The van der Waals surface area contributed by atoms with E-state index in [2.05, 4.69) is 19.2 Å². The van der Waals surface area contributed by atoms with Crippen LogP contribution in [0.4, 0.5) is 0 Å². The molecule has 0 radical (unpaired) electrons. The van der Waals surface area contributed by atoms with Crippen molar-refractivity contribution >= 4 is 11.8 Å². The molecule has 1 aliphatic rings. The molecule has 0 atom stereocenters. The molecule has 0 aromatic carbocycles. The average Bonchev–Trinajstić information content (AvgIpc) is 2.95. The molecule has 0 heterocycles. The number of carbonyl (C=O) groups is 2. The van der Waals surface area contributed by atoms with Crippen LogP contribution in [0.25, 0.3) is 0 Å². The molecular weight excluding hydrogens is 204 g/mol. The summed E-state index contributed by atoms with van der Waals surface area (Å²) < 4.78 is 0. The first-order valence-electron chi connectivity index (χ1n) is 6.04. The van der Waals surface area contributed by atoms with Gasteiger partial charge in [0.15, 0.2) is 0 Å². The van der Waals surface area contributed by atoms with Crippen LogP contribution in [0, 0.1) is 5.92 Å². The van der Waals surface area contributed by atoms with Crippen LogP contribution in [0.5, 0.6) is 0 Å². The van der Waals surface area contributed by atoms with Crippen LogP contribution >= 0.6 is 0 Å². The average molecular weight is 226 g/mol. The highest BCUT2D eigenvalue weighted by Crippen LogP contribution is 2.18. The molecule has 0 bridgehead atoms. The quantitative estimate of drug-likeness (QED) is 0.739. The minimum absolute atomic E-state index is 0.0217. The van der Waals surface area contributed by atoms with Crippen LogP contribution in [-0.2, 0) is 9.59 Å². The third kappa shape index (κ3) is 5.14. The Morgan fingerprint density at radius 3 is 2.44 bits per heavy atom. The summed E-state index contributed by atoms with van der Waals surface area (Å²) in [6.07, 6.45) is 3.10. The molecule has 0 saturated heterocycles. The number of hydrogen-bond acceptors (Lipinski definition) is 2. The van der Waals surface area contributed by atoms with Gasteiger partial charge in [-0.25, -0.2) is 0 Å². The summed E-state index contributed by atoms with van der Waals surface area (Å²) in [7, 11) is 0. The summed E-state index contributed by atoms with van der Waals surface area (Å²) in [4.78, 5) is 24.5. The molecule has 0 aromatic heterocycles. The molecule has 0 unspecified atom stereocenters. The van der Waals surface area contributed by atoms with Gasteiger partial charge in [0.05, 0.1) is 6.54 Å². The summed E-state index contributed by atoms with van der Waals surface area (Å²) in [5.74, 6) is 0.501. The lowest BCUT2D eigenvalue weighted by molar-refractivity contribution is -0.134. The van der Waals surface area contributed by atoms with Gasteiger partial charge in [0.25, 0.3) is 0 Å². The van der Waals surface area contributed by atoms with Gasteiger partial charge in [-0.05, 0) is 25.2 Å². The molecule has 1 fully saturated rings. The number of carbonyl (C=O) groups excluding carboxylic acids is 2. The lowest BCUT2D eigenvalue weighted by Gasteiger charge is -2.21. The van der Waals surface area contributed by atoms with E-state index in [1.165, 1.54) is 6.92 Å². The predicted octanol–water partition coefficient (Wildman–Crippen LogP) is 1.16. The lowest BCUT2D eigenvalue weighted by Crippen LogP contribution is -2.41. The normalized spacial score (nSPS) is 15.0. The second-order valence-electron chi connectivity index (χ2n) is 4.96. The molecule has 16 heavy (non-hydrogen) atoms. The van der Waals surface area contributed by atoms with E-state index in [0.29, 0.717) is 18.5 Å². The van der Waals surface area contributed by atoms with Crippen molar-refractivity contribution in [2.24, 2.45) is 5.92 Å². The third-order valence-electron chi connectivity index (χ3n) is 2.70. The predicted molar refractivity (Wildman–Crippen MR) is 62.9 cm³/mol. The molecule has 0 spiro atoms. The largest absolute Gasteiger partial charge is 0.352 e. The second kappa shape index (κ2) is 5.87. The molecule has 1 aliphatic carbocycles. The highest BCUT2D eigenvalue weighted by atomic mass is 16.2. The Hall–Kier alpha value is -1.06. The zero-order chi connectivity index (χ0) is 12.1. The monoisotopic (exact) mass is 226 g/mol. The fourth-order valence-corrected chi connectivity index (χ4v) is 1.44. The maximum absolute atomic E-state index is 11.5. The van der Waals surface area contributed by atoms with Crippen molar-refractivity contribution in [2.45, 2.75) is 46.1 Å². The summed E-state index contributed by atoms with van der Waals surface area (Å²) in [5.41, 5.74) is 0. The molecular formula is C12H22N2O2. The van der Waals surface area contributed by atoms with Crippen molar-refractivity contribution < 1.29 is 9.59 Å². The van der Waals surface area contributed by atoms with Crippen LogP contribution in [-0.4, -0.2) is 35.8 Å². The van der Waals surface area contributed by atoms with Gasteiger partial charge in [-0.2, -0.15) is 0 Å². The first-order chi connectivity index (χ1) is 7.49. The van der Waals surface area contributed by atoms with Crippen molar-refractivity contribution in [3.63, 3.8) is 0 Å². The Morgan fingerprint density at radius 1 is 1.38 bits per heavy atom. The number of amides is 2. The molecule has 2 amide bonds. The summed E-state index contributed by atoms with van der Waals surface area (Å²) in [5, 5.41) is 2.89. The van der Waals surface area contributed by atoms with Crippen molar-refractivity contribution in [1.29, 1.82) is 0 Å². The van der Waals surface area contributed by atoms with Gasteiger partial charge in [0.2, 0.25) is 11.8 Å². The summed E-state index contributed by atoms with van der Waals surface area (Å²) in [6.45, 7) is 6.62. The van der Waals surface area contributed by atoms with Gasteiger partial charge in [0.1, 0.15) is 0 Å². The summed E-state index contributed by atoms with van der Waals surface area (Å²) in [6, 6.07) is 0.367. The number of nitrogens with one attached hydrogen (secondary N) is 1. The van der Waals surface area contributed by atoms with Crippen LogP contribution < -0.4 is 5.32 Å². The Balaban J connectivity index is 2.30. The van der Waals surface area contributed by atoms with E-state index in [4.69, 9.17) is 0 Å². The van der Waals surface area contributed by atoms with Gasteiger partial charge in [0, 0.05) is 19.5 Å². The number of nitrogens with zero attached hydrogens (tertiary/aromatic N) is 1. The Kier molecular flexibility index (Phi) is 4.77. The van der Waals surface area contributed by atoms with E-state index in [0.717, 1.165) is 19.3 Å². The van der Waals surface area contributed by atoms with E-state index in [9.17, 15) is 9.59 Å².